The zero-order chi connectivity index (χ0) is 7.84. The summed E-state index contributed by atoms with van der Waals surface area (Å²) in [4.78, 5) is 11.8. The van der Waals surface area contributed by atoms with E-state index in [1.165, 1.54) is 6.33 Å². The van der Waals surface area contributed by atoms with Crippen molar-refractivity contribution in [2.75, 3.05) is 0 Å². The van der Waals surface area contributed by atoms with Crippen LogP contribution in [-0.2, 0) is 7.05 Å². The van der Waals surface area contributed by atoms with Crippen LogP contribution >= 0.6 is 11.6 Å². The van der Waals surface area contributed by atoms with Crippen molar-refractivity contribution in [3.05, 3.63) is 17.8 Å². The Morgan fingerprint density at radius 3 is 3.09 bits per heavy atom. The Hall–Kier alpha value is -1.16. The highest BCUT2D eigenvalue weighted by Crippen LogP contribution is 2.13. The third kappa shape index (κ3) is 0.867. The molecule has 0 atom stereocenters. The standard InChI is InChI=1S/C6H5ClN4/c1-11-4-2-8-3-9-5(4)10-6(11)7/h2-3H,1H3. The van der Waals surface area contributed by atoms with Gasteiger partial charge in [0.25, 0.3) is 0 Å². The lowest BCUT2D eigenvalue weighted by atomic mass is 10.5. The summed E-state index contributed by atoms with van der Waals surface area (Å²) in [7, 11) is 1.82. The third-order valence-electron chi connectivity index (χ3n) is 1.51. The molecule has 2 aromatic heterocycles. The van der Waals surface area contributed by atoms with E-state index in [0.29, 0.717) is 10.9 Å². The minimum absolute atomic E-state index is 0.431. The Kier molecular flexibility index (Phi) is 1.29. The summed E-state index contributed by atoms with van der Waals surface area (Å²) in [5.74, 6) is 0. The maximum absolute atomic E-state index is 5.74. The van der Waals surface area contributed by atoms with Crippen LogP contribution in [0.4, 0.5) is 0 Å². The van der Waals surface area contributed by atoms with Crippen molar-refractivity contribution in [2.45, 2.75) is 0 Å². The van der Waals surface area contributed by atoms with Gasteiger partial charge in [-0.25, -0.2) is 9.97 Å². The summed E-state index contributed by atoms with van der Waals surface area (Å²) < 4.78 is 1.73. The van der Waals surface area contributed by atoms with E-state index >= 15 is 0 Å². The van der Waals surface area contributed by atoms with E-state index in [1.807, 2.05) is 7.05 Å². The predicted octanol–water partition coefficient (Wildman–Crippen LogP) is 1.02. The highest BCUT2D eigenvalue weighted by molar-refractivity contribution is 6.29. The van der Waals surface area contributed by atoms with Crippen molar-refractivity contribution < 1.29 is 0 Å². The number of aromatic nitrogens is 4. The molecule has 0 amide bonds. The van der Waals surface area contributed by atoms with E-state index < -0.39 is 0 Å². The van der Waals surface area contributed by atoms with Crippen LogP contribution in [-0.4, -0.2) is 19.5 Å². The van der Waals surface area contributed by atoms with Gasteiger partial charge in [-0.2, -0.15) is 4.98 Å². The highest BCUT2D eigenvalue weighted by atomic mass is 35.5. The molecule has 2 heterocycles. The first-order valence-electron chi connectivity index (χ1n) is 3.07. The van der Waals surface area contributed by atoms with Crippen LogP contribution in [0.5, 0.6) is 0 Å². The van der Waals surface area contributed by atoms with Crippen LogP contribution in [0.25, 0.3) is 11.2 Å². The van der Waals surface area contributed by atoms with Gasteiger partial charge in [-0.15, -0.1) is 0 Å². The van der Waals surface area contributed by atoms with Gasteiger partial charge in [-0.05, 0) is 11.6 Å². The molecule has 0 N–H and O–H groups in total. The van der Waals surface area contributed by atoms with Gasteiger partial charge in [-0.1, -0.05) is 0 Å². The van der Waals surface area contributed by atoms with Crippen LogP contribution in [0, 0.1) is 0 Å². The SMILES string of the molecule is Cn1c(Cl)nc2ncncc21. The Labute approximate surface area is 67.9 Å². The van der Waals surface area contributed by atoms with Gasteiger partial charge in [0.1, 0.15) is 11.8 Å². The highest BCUT2D eigenvalue weighted by Gasteiger charge is 2.04. The zero-order valence-corrected chi connectivity index (χ0v) is 6.58. The Morgan fingerprint density at radius 2 is 2.36 bits per heavy atom. The van der Waals surface area contributed by atoms with Crippen molar-refractivity contribution in [3.8, 4) is 0 Å². The van der Waals surface area contributed by atoms with E-state index in [1.54, 1.807) is 10.8 Å². The van der Waals surface area contributed by atoms with Gasteiger partial charge in [0, 0.05) is 7.05 Å². The molecule has 2 aromatic rings. The number of rotatable bonds is 0. The minimum atomic E-state index is 0.431. The fourth-order valence-corrected chi connectivity index (χ4v) is 1.07. The van der Waals surface area contributed by atoms with Crippen molar-refractivity contribution in [3.63, 3.8) is 0 Å². The van der Waals surface area contributed by atoms with Crippen LogP contribution < -0.4 is 0 Å². The van der Waals surface area contributed by atoms with Crippen molar-refractivity contribution in [1.29, 1.82) is 0 Å². The molecule has 0 bridgehead atoms. The fraction of sp³-hybridized carbons (Fsp3) is 0.167. The molecule has 0 fully saturated rings. The second-order valence-electron chi connectivity index (χ2n) is 2.17. The number of imidazole rings is 1. The average molecular weight is 169 g/mol. The first kappa shape index (κ1) is 6.54. The third-order valence-corrected chi connectivity index (χ3v) is 1.85. The Balaban J connectivity index is 2.92. The van der Waals surface area contributed by atoms with Crippen LogP contribution in [0.15, 0.2) is 12.5 Å². The molecule has 0 saturated carbocycles. The topological polar surface area (TPSA) is 43.6 Å². The summed E-state index contributed by atoms with van der Waals surface area (Å²) in [6.45, 7) is 0. The van der Waals surface area contributed by atoms with E-state index in [4.69, 9.17) is 11.6 Å². The Morgan fingerprint density at radius 1 is 1.55 bits per heavy atom. The van der Waals surface area contributed by atoms with Crippen molar-refractivity contribution in [2.24, 2.45) is 7.05 Å². The summed E-state index contributed by atoms with van der Waals surface area (Å²) in [6.07, 6.45) is 3.13. The molecule has 0 aromatic carbocycles. The minimum Gasteiger partial charge on any atom is -0.315 e. The molecule has 0 radical (unpaired) electrons. The van der Waals surface area contributed by atoms with Gasteiger partial charge in [0.15, 0.2) is 5.65 Å². The van der Waals surface area contributed by atoms with Crippen molar-refractivity contribution >= 4 is 22.8 Å². The second-order valence-corrected chi connectivity index (χ2v) is 2.51. The number of aryl methyl sites for hydroxylation is 1. The number of hydrogen-bond donors (Lipinski definition) is 0. The molecular formula is C6H5ClN4. The maximum atomic E-state index is 5.74. The summed E-state index contributed by atoms with van der Waals surface area (Å²) in [5, 5.41) is 0.431. The molecular weight excluding hydrogens is 164 g/mol. The molecule has 0 saturated heterocycles. The molecule has 2 rings (SSSR count). The van der Waals surface area contributed by atoms with Gasteiger partial charge < -0.3 is 4.57 Å². The summed E-state index contributed by atoms with van der Waals surface area (Å²) >= 11 is 5.74. The lowest BCUT2D eigenvalue weighted by Crippen LogP contribution is -1.87. The van der Waals surface area contributed by atoms with Gasteiger partial charge in [-0.3, -0.25) is 0 Å². The maximum Gasteiger partial charge on any atom is 0.205 e. The summed E-state index contributed by atoms with van der Waals surface area (Å²) in [6, 6.07) is 0. The monoisotopic (exact) mass is 168 g/mol. The van der Waals surface area contributed by atoms with Gasteiger partial charge in [0.2, 0.25) is 5.28 Å². The van der Waals surface area contributed by atoms with Crippen molar-refractivity contribution in [1.82, 2.24) is 19.5 Å². The average Bonchev–Trinajstić information content (AvgIpc) is 2.30. The largest absolute Gasteiger partial charge is 0.315 e. The normalized spacial score (nSPS) is 10.7. The number of halogens is 1. The van der Waals surface area contributed by atoms with E-state index in [0.717, 1.165) is 5.52 Å². The molecule has 0 spiro atoms. The molecule has 56 valence electrons. The smallest absolute Gasteiger partial charge is 0.205 e. The molecule has 4 nitrogen and oxygen atoms in total. The quantitative estimate of drug-likeness (QED) is 0.552. The fourth-order valence-electron chi connectivity index (χ4n) is 0.900. The van der Waals surface area contributed by atoms with E-state index in [9.17, 15) is 0 Å². The van der Waals surface area contributed by atoms with Gasteiger partial charge >= 0.3 is 0 Å². The second kappa shape index (κ2) is 2.17. The zero-order valence-electron chi connectivity index (χ0n) is 5.82. The predicted molar refractivity (Wildman–Crippen MR) is 41.3 cm³/mol. The number of hydrogen-bond acceptors (Lipinski definition) is 3. The number of fused-ring (bicyclic) bond motifs is 1. The first-order valence-corrected chi connectivity index (χ1v) is 3.45. The van der Waals surface area contributed by atoms with Gasteiger partial charge in [0.05, 0.1) is 6.20 Å². The molecule has 11 heavy (non-hydrogen) atoms. The van der Waals surface area contributed by atoms with Crippen LogP contribution in [0.2, 0.25) is 5.28 Å². The number of nitrogens with zero attached hydrogens (tertiary/aromatic N) is 4. The summed E-state index contributed by atoms with van der Waals surface area (Å²) in [5.41, 5.74) is 1.48. The van der Waals surface area contributed by atoms with E-state index in [-0.39, 0.29) is 0 Å². The van der Waals surface area contributed by atoms with Crippen LogP contribution in [0.1, 0.15) is 0 Å². The molecule has 0 aliphatic heterocycles. The first-order chi connectivity index (χ1) is 5.29. The lowest BCUT2D eigenvalue weighted by molar-refractivity contribution is 0.945. The molecule has 0 unspecified atom stereocenters. The van der Waals surface area contributed by atoms with Crippen LogP contribution in [0.3, 0.4) is 0 Å². The molecule has 5 heteroatoms. The molecule has 0 aliphatic carbocycles. The lowest BCUT2D eigenvalue weighted by Gasteiger charge is -1.91. The molecule has 0 aliphatic rings. The van der Waals surface area contributed by atoms with E-state index in [2.05, 4.69) is 15.0 Å². The Bertz CT molecular complexity index is 394.